The van der Waals surface area contributed by atoms with Gasteiger partial charge in [0.15, 0.2) is 0 Å². The molecule has 0 spiro atoms. The number of rotatable bonds is 3. The van der Waals surface area contributed by atoms with Crippen molar-refractivity contribution in [1.82, 2.24) is 0 Å². The summed E-state index contributed by atoms with van der Waals surface area (Å²) in [4.78, 5) is 12.3. The van der Waals surface area contributed by atoms with Gasteiger partial charge in [-0.1, -0.05) is 12.0 Å². The van der Waals surface area contributed by atoms with Crippen molar-refractivity contribution >= 4 is 6.29 Å². The van der Waals surface area contributed by atoms with Crippen LogP contribution in [0.15, 0.2) is 5.11 Å². The Hall–Kier alpha value is -1.02. The van der Waals surface area contributed by atoms with Crippen LogP contribution in [0.5, 0.6) is 0 Å². The van der Waals surface area contributed by atoms with E-state index in [2.05, 4.69) is 10.0 Å². The number of carbonyl (C=O) groups excluding carboxylic acids is 1. The molecule has 1 unspecified atom stereocenters. The molecule has 4 heteroatoms. The van der Waals surface area contributed by atoms with Crippen LogP contribution in [0.4, 0.5) is 0 Å². The first kappa shape index (κ1) is 6.98. The van der Waals surface area contributed by atoms with Crippen LogP contribution >= 0.6 is 0 Å². The van der Waals surface area contributed by atoms with Crippen LogP contribution in [0.25, 0.3) is 10.4 Å². The molecule has 0 aliphatic carbocycles. The van der Waals surface area contributed by atoms with Crippen LogP contribution in [0.3, 0.4) is 0 Å². The molecule has 0 saturated carbocycles. The third-order valence-electron chi connectivity index (χ3n) is 0.665. The van der Waals surface area contributed by atoms with Crippen LogP contribution in [-0.2, 0) is 4.79 Å². The highest BCUT2D eigenvalue weighted by Crippen LogP contribution is 1.88. The summed E-state index contributed by atoms with van der Waals surface area (Å²) >= 11 is 0. The summed E-state index contributed by atoms with van der Waals surface area (Å²) in [5.41, 5.74) is 7.75. The van der Waals surface area contributed by atoms with Crippen molar-refractivity contribution in [1.29, 1.82) is 0 Å². The Morgan fingerprint density at radius 1 is 2.00 bits per heavy atom. The average Bonchev–Trinajstić information content (AvgIpc) is 1.83. The number of hydrogen-bond donors (Lipinski definition) is 0. The van der Waals surface area contributed by atoms with Gasteiger partial charge in [-0.3, -0.25) is 0 Å². The second-order valence-corrected chi connectivity index (χ2v) is 1.53. The highest BCUT2D eigenvalue weighted by atomic mass is 16.1. The van der Waals surface area contributed by atoms with E-state index in [0.29, 0.717) is 0 Å². The van der Waals surface area contributed by atoms with Gasteiger partial charge in [0.05, 0.1) is 0 Å². The second-order valence-electron chi connectivity index (χ2n) is 1.53. The van der Waals surface area contributed by atoms with Gasteiger partial charge in [-0.15, -0.1) is 0 Å². The Kier molecular flexibility index (Phi) is 3.62. The lowest BCUT2D eigenvalue weighted by Crippen LogP contribution is -1.97. The highest BCUT2D eigenvalue weighted by molar-refractivity contribution is 5.52. The lowest BCUT2D eigenvalue weighted by molar-refractivity contribution is -0.110. The Labute approximate surface area is 47.1 Å². The third-order valence-corrected chi connectivity index (χ3v) is 0.665. The van der Waals surface area contributed by atoms with E-state index >= 15 is 0 Å². The van der Waals surface area contributed by atoms with Crippen LogP contribution in [0.1, 0.15) is 6.92 Å². The molecule has 1 atom stereocenters. The number of hydrogen-bond acceptors (Lipinski definition) is 2. The molecule has 0 aliphatic rings. The molecule has 0 bridgehead atoms. The minimum absolute atomic E-state index is 0.147. The van der Waals surface area contributed by atoms with E-state index in [1.54, 1.807) is 6.92 Å². The summed E-state index contributed by atoms with van der Waals surface area (Å²) in [6.45, 7) is 1.96. The molecule has 0 radical (unpaired) electrons. The summed E-state index contributed by atoms with van der Waals surface area (Å²) in [6.07, 6.45) is 0.759. The minimum atomic E-state index is -0.147. The van der Waals surface area contributed by atoms with Crippen LogP contribution < -0.4 is 0 Å². The zero-order valence-corrected chi connectivity index (χ0v) is 4.61. The van der Waals surface area contributed by atoms with Crippen LogP contribution in [-0.4, -0.2) is 12.8 Å². The van der Waals surface area contributed by atoms with Crippen molar-refractivity contribution in [2.24, 2.45) is 11.0 Å². The molecule has 0 saturated heterocycles. The lowest BCUT2D eigenvalue weighted by atomic mass is 10.2. The monoisotopic (exact) mass is 113 g/mol. The summed E-state index contributed by atoms with van der Waals surface area (Å²) in [7, 11) is 0. The first-order valence-corrected chi connectivity index (χ1v) is 2.27. The predicted octanol–water partition coefficient (Wildman–Crippen LogP) is 1.13. The Morgan fingerprint density at radius 3 is 3.00 bits per heavy atom. The quantitative estimate of drug-likeness (QED) is 0.234. The fourth-order valence-electron chi connectivity index (χ4n) is 0.208. The molecule has 8 heavy (non-hydrogen) atoms. The molecule has 0 aromatic carbocycles. The topological polar surface area (TPSA) is 65.8 Å². The molecule has 0 N–H and O–H groups in total. The van der Waals surface area contributed by atoms with Gasteiger partial charge in [0, 0.05) is 17.4 Å². The second kappa shape index (κ2) is 4.15. The molecule has 0 amide bonds. The first-order valence-electron chi connectivity index (χ1n) is 2.27. The van der Waals surface area contributed by atoms with Crippen LogP contribution in [0, 0.1) is 5.92 Å². The van der Waals surface area contributed by atoms with Crippen molar-refractivity contribution in [3.8, 4) is 0 Å². The summed E-state index contributed by atoms with van der Waals surface area (Å²) in [6, 6.07) is 0. The zero-order chi connectivity index (χ0) is 6.41. The summed E-state index contributed by atoms with van der Waals surface area (Å²) in [5, 5.41) is 3.19. The maximum atomic E-state index is 9.83. The van der Waals surface area contributed by atoms with Crippen molar-refractivity contribution < 1.29 is 4.79 Å². The van der Waals surface area contributed by atoms with E-state index in [1.807, 2.05) is 0 Å². The maximum Gasteiger partial charge on any atom is 0.122 e. The smallest absolute Gasteiger partial charge is 0.122 e. The maximum absolute atomic E-state index is 9.83. The number of aldehydes is 1. The van der Waals surface area contributed by atoms with E-state index in [9.17, 15) is 4.79 Å². The molecule has 0 aromatic heterocycles. The van der Waals surface area contributed by atoms with Gasteiger partial charge in [0.2, 0.25) is 0 Å². The fraction of sp³-hybridized carbons (Fsp3) is 0.750. The van der Waals surface area contributed by atoms with E-state index in [0.717, 1.165) is 6.29 Å². The van der Waals surface area contributed by atoms with Crippen molar-refractivity contribution in [3.63, 3.8) is 0 Å². The van der Waals surface area contributed by atoms with E-state index in [-0.39, 0.29) is 12.5 Å². The standard InChI is InChI=1S/C4H7N3O/c1-4(3-8)2-6-7-5/h3-4H,2H2,1H3. The van der Waals surface area contributed by atoms with E-state index in [4.69, 9.17) is 5.53 Å². The molecule has 44 valence electrons. The molecular formula is C4H7N3O. The van der Waals surface area contributed by atoms with E-state index in [1.165, 1.54) is 0 Å². The molecule has 0 heterocycles. The summed E-state index contributed by atoms with van der Waals surface area (Å²) in [5.74, 6) is -0.147. The molecular weight excluding hydrogens is 106 g/mol. The van der Waals surface area contributed by atoms with Gasteiger partial charge in [-0.05, 0) is 5.53 Å². The van der Waals surface area contributed by atoms with Crippen molar-refractivity contribution in [2.45, 2.75) is 6.92 Å². The highest BCUT2D eigenvalue weighted by Gasteiger charge is 1.93. The number of nitrogens with zero attached hydrogens (tertiary/aromatic N) is 3. The normalized spacial score (nSPS) is 11.6. The fourth-order valence-corrected chi connectivity index (χ4v) is 0.208. The number of carbonyl (C=O) groups is 1. The molecule has 4 nitrogen and oxygen atoms in total. The van der Waals surface area contributed by atoms with Gasteiger partial charge >= 0.3 is 0 Å². The largest absolute Gasteiger partial charge is 0.303 e. The van der Waals surface area contributed by atoms with Gasteiger partial charge in [-0.25, -0.2) is 0 Å². The van der Waals surface area contributed by atoms with Gasteiger partial charge in [-0.2, -0.15) is 0 Å². The SMILES string of the molecule is CC(C=O)CN=[N+]=[N-]. The van der Waals surface area contributed by atoms with Gasteiger partial charge in [0.25, 0.3) is 0 Å². The molecule has 0 aromatic rings. The van der Waals surface area contributed by atoms with Crippen molar-refractivity contribution in [3.05, 3.63) is 10.4 Å². The Morgan fingerprint density at radius 2 is 2.62 bits per heavy atom. The predicted molar refractivity (Wildman–Crippen MR) is 29.2 cm³/mol. The summed E-state index contributed by atoms with van der Waals surface area (Å²) < 4.78 is 0. The molecule has 0 rings (SSSR count). The van der Waals surface area contributed by atoms with Crippen LogP contribution in [0.2, 0.25) is 0 Å². The number of azide groups is 1. The molecule has 0 aliphatic heterocycles. The first-order chi connectivity index (χ1) is 3.81. The molecule has 0 fully saturated rings. The Balaban J connectivity index is 3.38. The Bertz CT molecular complexity index is 116. The lowest BCUT2D eigenvalue weighted by Gasteiger charge is -1.90. The van der Waals surface area contributed by atoms with Gasteiger partial charge in [0.1, 0.15) is 6.29 Å². The van der Waals surface area contributed by atoms with Gasteiger partial charge < -0.3 is 4.79 Å². The minimum Gasteiger partial charge on any atom is -0.303 e. The third kappa shape index (κ3) is 3.18. The van der Waals surface area contributed by atoms with Crippen molar-refractivity contribution in [2.75, 3.05) is 6.54 Å². The van der Waals surface area contributed by atoms with E-state index < -0.39 is 0 Å². The average molecular weight is 113 g/mol. The zero-order valence-electron chi connectivity index (χ0n) is 4.61.